The Labute approximate surface area is 97.3 Å². The normalized spacial score (nSPS) is 27.6. The molecule has 92 valence electrons. The Bertz CT molecular complexity index is 199. The number of hydrogen-bond donors (Lipinski definition) is 1. The fourth-order valence-corrected chi connectivity index (χ4v) is 2.47. The van der Waals surface area contributed by atoms with Gasteiger partial charge in [-0.3, -0.25) is 4.79 Å². The second-order valence-electron chi connectivity index (χ2n) is 4.87. The third kappa shape index (κ3) is 3.76. The van der Waals surface area contributed by atoms with Gasteiger partial charge >= 0.3 is 5.97 Å². The summed E-state index contributed by atoms with van der Waals surface area (Å²) in [6.45, 7) is 3.89. The Morgan fingerprint density at radius 3 is 2.75 bits per heavy atom. The highest BCUT2D eigenvalue weighted by atomic mass is 16.7. The molecule has 1 atom stereocenters. The highest BCUT2D eigenvalue weighted by Gasteiger charge is 2.20. The minimum Gasteiger partial charge on any atom is -0.368 e. The van der Waals surface area contributed by atoms with E-state index in [2.05, 4.69) is 5.32 Å². The van der Waals surface area contributed by atoms with Gasteiger partial charge in [-0.15, -0.1) is 5.06 Å². The van der Waals surface area contributed by atoms with Crippen molar-refractivity contribution in [3.63, 3.8) is 0 Å². The van der Waals surface area contributed by atoms with E-state index in [1.54, 1.807) is 0 Å². The van der Waals surface area contributed by atoms with Crippen molar-refractivity contribution in [1.29, 1.82) is 0 Å². The van der Waals surface area contributed by atoms with Crippen LogP contribution in [0.1, 0.15) is 38.5 Å². The van der Waals surface area contributed by atoms with Crippen LogP contribution < -0.4 is 5.32 Å². The van der Waals surface area contributed by atoms with Gasteiger partial charge in [0, 0.05) is 13.1 Å². The predicted octanol–water partition coefficient (Wildman–Crippen LogP) is 1.32. The summed E-state index contributed by atoms with van der Waals surface area (Å²) in [5.41, 5.74) is 0. The quantitative estimate of drug-likeness (QED) is 0.788. The molecule has 0 amide bonds. The van der Waals surface area contributed by atoms with Gasteiger partial charge in [0.1, 0.15) is 0 Å². The maximum absolute atomic E-state index is 11.7. The van der Waals surface area contributed by atoms with Crippen molar-refractivity contribution in [1.82, 2.24) is 10.4 Å². The summed E-state index contributed by atoms with van der Waals surface area (Å²) in [6.07, 6.45) is 6.48. The summed E-state index contributed by atoms with van der Waals surface area (Å²) < 4.78 is 0. The molecule has 0 bridgehead atoms. The number of rotatable bonds is 3. The maximum atomic E-state index is 11.7. The van der Waals surface area contributed by atoms with Gasteiger partial charge in [-0.05, 0) is 44.7 Å². The molecule has 1 N–H and O–H groups in total. The monoisotopic (exact) mass is 226 g/mol. The second-order valence-corrected chi connectivity index (χ2v) is 4.87. The summed E-state index contributed by atoms with van der Waals surface area (Å²) in [5, 5.41) is 5.16. The molecule has 2 aliphatic rings. The minimum atomic E-state index is -0.0457. The van der Waals surface area contributed by atoms with E-state index in [1.807, 2.05) is 5.06 Å². The first kappa shape index (κ1) is 11.9. The number of carbonyl (C=O) groups excluding carboxylic acids is 1. The van der Waals surface area contributed by atoms with Gasteiger partial charge in [-0.1, -0.05) is 6.42 Å². The van der Waals surface area contributed by atoms with Crippen LogP contribution in [0.15, 0.2) is 0 Å². The van der Waals surface area contributed by atoms with Gasteiger partial charge in [0.25, 0.3) is 0 Å². The highest BCUT2D eigenvalue weighted by molar-refractivity contribution is 5.69. The van der Waals surface area contributed by atoms with Crippen molar-refractivity contribution in [3.05, 3.63) is 0 Å². The largest absolute Gasteiger partial charge is 0.368 e. The van der Waals surface area contributed by atoms with Crippen LogP contribution in [0.2, 0.25) is 0 Å². The fraction of sp³-hybridized carbons (Fsp3) is 0.917. The molecule has 0 radical (unpaired) electrons. The van der Waals surface area contributed by atoms with Crippen molar-refractivity contribution in [3.8, 4) is 0 Å². The van der Waals surface area contributed by atoms with Crippen molar-refractivity contribution >= 4 is 5.97 Å². The van der Waals surface area contributed by atoms with E-state index in [-0.39, 0.29) is 5.97 Å². The summed E-state index contributed by atoms with van der Waals surface area (Å²) in [6, 6.07) is 0. The Morgan fingerprint density at radius 2 is 2.06 bits per heavy atom. The first-order valence-corrected chi connectivity index (χ1v) is 6.51. The highest BCUT2D eigenvalue weighted by Crippen LogP contribution is 2.16. The smallest absolute Gasteiger partial charge is 0.325 e. The zero-order chi connectivity index (χ0) is 11.2. The van der Waals surface area contributed by atoms with Crippen LogP contribution in [0.4, 0.5) is 0 Å². The molecule has 2 rings (SSSR count). The van der Waals surface area contributed by atoms with Gasteiger partial charge in [-0.2, -0.15) is 0 Å². The molecule has 4 heteroatoms. The predicted molar refractivity (Wildman–Crippen MR) is 61.7 cm³/mol. The molecule has 2 heterocycles. The van der Waals surface area contributed by atoms with E-state index in [4.69, 9.17) is 4.84 Å². The van der Waals surface area contributed by atoms with Gasteiger partial charge in [0.2, 0.25) is 0 Å². The third-order valence-electron chi connectivity index (χ3n) is 3.40. The lowest BCUT2D eigenvalue weighted by atomic mass is 9.96. The standard InChI is InChI=1S/C12H22N2O2/c15-12(9-11-5-4-6-13-10-11)16-14-7-2-1-3-8-14/h11,13H,1-10H2. The molecule has 2 saturated heterocycles. The molecule has 0 aromatic heterocycles. The number of nitrogens with zero attached hydrogens (tertiary/aromatic N) is 1. The molecule has 2 aliphatic heterocycles. The molecule has 4 nitrogen and oxygen atoms in total. The zero-order valence-electron chi connectivity index (χ0n) is 9.91. The van der Waals surface area contributed by atoms with Gasteiger partial charge in [-0.25, -0.2) is 0 Å². The van der Waals surface area contributed by atoms with E-state index >= 15 is 0 Å². The molecule has 0 aromatic carbocycles. The Kier molecular flexibility index (Phi) is 4.60. The summed E-state index contributed by atoms with van der Waals surface area (Å²) in [7, 11) is 0. The number of hydrogen-bond acceptors (Lipinski definition) is 4. The zero-order valence-corrected chi connectivity index (χ0v) is 9.91. The number of carbonyl (C=O) groups is 1. The molecule has 0 aliphatic carbocycles. The van der Waals surface area contributed by atoms with Crippen LogP contribution in [-0.4, -0.2) is 37.2 Å². The molecule has 1 unspecified atom stereocenters. The first-order chi connectivity index (χ1) is 7.84. The van der Waals surface area contributed by atoms with Gasteiger partial charge in [0.15, 0.2) is 0 Å². The number of nitrogens with one attached hydrogen (secondary N) is 1. The molecule has 0 aromatic rings. The van der Waals surface area contributed by atoms with Crippen molar-refractivity contribution < 1.29 is 9.63 Å². The Balaban J connectivity index is 1.66. The van der Waals surface area contributed by atoms with Crippen molar-refractivity contribution in [2.45, 2.75) is 38.5 Å². The first-order valence-electron chi connectivity index (χ1n) is 6.51. The Hall–Kier alpha value is -0.610. The average Bonchev–Trinajstić information content (AvgIpc) is 2.31. The molecular weight excluding hydrogens is 204 g/mol. The van der Waals surface area contributed by atoms with Crippen molar-refractivity contribution in [2.24, 2.45) is 5.92 Å². The van der Waals surface area contributed by atoms with Crippen LogP contribution in [0, 0.1) is 5.92 Å². The van der Waals surface area contributed by atoms with Crippen LogP contribution in [0.25, 0.3) is 0 Å². The maximum Gasteiger partial charge on any atom is 0.325 e. The van der Waals surface area contributed by atoms with Crippen LogP contribution in [0.3, 0.4) is 0 Å². The number of hydroxylamine groups is 2. The van der Waals surface area contributed by atoms with Gasteiger partial charge in [0.05, 0.1) is 6.42 Å². The fourth-order valence-electron chi connectivity index (χ4n) is 2.47. The van der Waals surface area contributed by atoms with Crippen LogP contribution >= 0.6 is 0 Å². The molecule has 0 saturated carbocycles. The number of piperidine rings is 2. The average molecular weight is 226 g/mol. The van der Waals surface area contributed by atoms with Crippen molar-refractivity contribution in [2.75, 3.05) is 26.2 Å². The molecular formula is C12H22N2O2. The van der Waals surface area contributed by atoms with E-state index in [9.17, 15) is 4.79 Å². The minimum absolute atomic E-state index is 0.0457. The SMILES string of the molecule is O=C(CC1CCCNC1)ON1CCCCC1. The van der Waals surface area contributed by atoms with Crippen LogP contribution in [0.5, 0.6) is 0 Å². The topological polar surface area (TPSA) is 41.6 Å². The van der Waals surface area contributed by atoms with E-state index < -0.39 is 0 Å². The van der Waals surface area contributed by atoms with E-state index in [0.717, 1.165) is 45.4 Å². The molecule has 2 fully saturated rings. The van der Waals surface area contributed by atoms with Crippen LogP contribution in [-0.2, 0) is 9.63 Å². The summed E-state index contributed by atoms with van der Waals surface area (Å²) >= 11 is 0. The molecule has 0 spiro atoms. The van der Waals surface area contributed by atoms with Gasteiger partial charge < -0.3 is 10.2 Å². The summed E-state index contributed by atoms with van der Waals surface area (Å²) in [4.78, 5) is 17.0. The molecule has 16 heavy (non-hydrogen) atoms. The Morgan fingerprint density at radius 1 is 1.25 bits per heavy atom. The van der Waals surface area contributed by atoms with E-state index in [1.165, 1.54) is 12.8 Å². The lowest BCUT2D eigenvalue weighted by Crippen LogP contribution is -2.35. The third-order valence-corrected chi connectivity index (χ3v) is 3.40. The second kappa shape index (κ2) is 6.21. The van der Waals surface area contributed by atoms with E-state index in [0.29, 0.717) is 12.3 Å². The lowest BCUT2D eigenvalue weighted by molar-refractivity contribution is -0.195. The summed E-state index contributed by atoms with van der Waals surface area (Å²) in [5.74, 6) is 0.432. The lowest BCUT2D eigenvalue weighted by Gasteiger charge is -2.26.